The van der Waals surface area contributed by atoms with Crippen LogP contribution in [0.1, 0.15) is 29.6 Å². The van der Waals surface area contributed by atoms with Crippen molar-refractivity contribution in [1.82, 2.24) is 4.90 Å². The molecule has 2 fully saturated rings. The molecular weight excluding hydrogens is 270 g/mol. The summed E-state index contributed by atoms with van der Waals surface area (Å²) in [5.41, 5.74) is 1.22. The quantitative estimate of drug-likeness (QED) is 0.920. The van der Waals surface area contributed by atoms with Gasteiger partial charge in [-0.25, -0.2) is 0 Å². The van der Waals surface area contributed by atoms with Crippen LogP contribution in [0.5, 0.6) is 0 Å². The first-order valence-corrected chi connectivity index (χ1v) is 7.18. The number of carboxylic acid groups (broad SMARTS) is 1. The molecular formula is C16H15NO4. The zero-order valence-corrected chi connectivity index (χ0v) is 11.4. The number of aliphatic carboxylic acids is 1. The van der Waals surface area contributed by atoms with Crippen molar-refractivity contribution in [3.8, 4) is 0 Å². The molecule has 1 N–H and O–H groups in total. The lowest BCUT2D eigenvalue weighted by Crippen LogP contribution is -2.37. The fourth-order valence-corrected chi connectivity index (χ4v) is 3.85. The van der Waals surface area contributed by atoms with Crippen molar-refractivity contribution in [1.29, 1.82) is 0 Å². The highest BCUT2D eigenvalue weighted by atomic mass is 16.4. The van der Waals surface area contributed by atoms with E-state index in [4.69, 9.17) is 4.42 Å². The van der Waals surface area contributed by atoms with Gasteiger partial charge in [0.05, 0.1) is 11.5 Å². The SMILES string of the molecule is O=C(O)C1CC2CCC1N2C(=O)c1coc2ccccc12. The number of para-hydroxylation sites is 1. The van der Waals surface area contributed by atoms with Gasteiger partial charge in [0.2, 0.25) is 0 Å². The van der Waals surface area contributed by atoms with Crippen LogP contribution >= 0.6 is 0 Å². The summed E-state index contributed by atoms with van der Waals surface area (Å²) in [5, 5.41) is 10.1. The summed E-state index contributed by atoms with van der Waals surface area (Å²) in [6.07, 6.45) is 3.74. The van der Waals surface area contributed by atoms with Crippen molar-refractivity contribution in [2.75, 3.05) is 0 Å². The molecule has 5 heteroatoms. The number of carbonyl (C=O) groups is 2. The summed E-state index contributed by atoms with van der Waals surface area (Å²) in [6.45, 7) is 0. The predicted octanol–water partition coefficient (Wildman–Crippen LogP) is 2.51. The van der Waals surface area contributed by atoms with Crippen LogP contribution in [-0.4, -0.2) is 34.0 Å². The number of rotatable bonds is 2. The number of hydrogen-bond donors (Lipinski definition) is 1. The number of carboxylic acids is 1. The van der Waals surface area contributed by atoms with Crippen molar-refractivity contribution in [2.24, 2.45) is 5.92 Å². The number of furan rings is 1. The molecule has 1 amide bonds. The van der Waals surface area contributed by atoms with Gasteiger partial charge in [-0.3, -0.25) is 9.59 Å². The van der Waals surface area contributed by atoms with E-state index < -0.39 is 11.9 Å². The highest BCUT2D eigenvalue weighted by molar-refractivity contribution is 6.06. The normalized spacial score (nSPS) is 27.4. The Hall–Kier alpha value is -2.30. The first-order valence-electron chi connectivity index (χ1n) is 7.18. The van der Waals surface area contributed by atoms with Gasteiger partial charge in [-0.1, -0.05) is 18.2 Å². The predicted molar refractivity (Wildman–Crippen MR) is 74.9 cm³/mol. The largest absolute Gasteiger partial charge is 0.481 e. The van der Waals surface area contributed by atoms with Crippen LogP contribution in [0.15, 0.2) is 34.9 Å². The van der Waals surface area contributed by atoms with Crippen LogP contribution in [0.4, 0.5) is 0 Å². The third-order valence-electron chi connectivity index (χ3n) is 4.80. The van der Waals surface area contributed by atoms with Crippen LogP contribution < -0.4 is 0 Å². The molecule has 3 heterocycles. The Morgan fingerprint density at radius 2 is 2.05 bits per heavy atom. The van der Waals surface area contributed by atoms with Crippen LogP contribution in [0.3, 0.4) is 0 Å². The third kappa shape index (κ3) is 1.70. The van der Waals surface area contributed by atoms with E-state index in [0.717, 1.165) is 18.2 Å². The molecule has 21 heavy (non-hydrogen) atoms. The Morgan fingerprint density at radius 3 is 2.81 bits per heavy atom. The van der Waals surface area contributed by atoms with Crippen molar-refractivity contribution >= 4 is 22.8 Å². The zero-order chi connectivity index (χ0) is 14.6. The molecule has 2 bridgehead atoms. The standard InChI is InChI=1S/C16H15NO4/c18-15(12-8-21-14-4-2-1-3-10(12)14)17-9-5-6-13(17)11(7-9)16(19)20/h1-4,8-9,11,13H,5-7H2,(H,19,20). The molecule has 1 aromatic carbocycles. The maximum atomic E-state index is 12.8. The second-order valence-electron chi connectivity index (χ2n) is 5.84. The summed E-state index contributed by atoms with van der Waals surface area (Å²) in [6, 6.07) is 7.29. The highest BCUT2D eigenvalue weighted by Crippen LogP contribution is 2.43. The second-order valence-corrected chi connectivity index (χ2v) is 5.84. The molecule has 108 valence electrons. The van der Waals surface area contributed by atoms with E-state index >= 15 is 0 Å². The number of amides is 1. The number of fused-ring (bicyclic) bond motifs is 3. The molecule has 5 nitrogen and oxygen atoms in total. The molecule has 0 aliphatic carbocycles. The van der Waals surface area contributed by atoms with Gasteiger partial charge < -0.3 is 14.4 Å². The monoisotopic (exact) mass is 285 g/mol. The van der Waals surface area contributed by atoms with E-state index in [9.17, 15) is 14.7 Å². The minimum Gasteiger partial charge on any atom is -0.481 e. The molecule has 2 aliphatic heterocycles. The topological polar surface area (TPSA) is 70.8 Å². The van der Waals surface area contributed by atoms with Crippen LogP contribution in [0.25, 0.3) is 11.0 Å². The van der Waals surface area contributed by atoms with E-state index in [0.29, 0.717) is 17.6 Å². The Morgan fingerprint density at radius 1 is 1.24 bits per heavy atom. The third-order valence-corrected chi connectivity index (χ3v) is 4.80. The maximum absolute atomic E-state index is 12.8. The lowest BCUT2D eigenvalue weighted by Gasteiger charge is -2.22. The average Bonchev–Trinajstić information content (AvgIpc) is 3.18. The summed E-state index contributed by atoms with van der Waals surface area (Å²) in [4.78, 5) is 25.9. The summed E-state index contributed by atoms with van der Waals surface area (Å²) in [7, 11) is 0. The maximum Gasteiger partial charge on any atom is 0.308 e. The van der Waals surface area contributed by atoms with Gasteiger partial charge in [-0.05, 0) is 25.3 Å². The second kappa shape index (κ2) is 4.35. The summed E-state index contributed by atoms with van der Waals surface area (Å²) >= 11 is 0. The summed E-state index contributed by atoms with van der Waals surface area (Å²) < 4.78 is 5.43. The first-order chi connectivity index (χ1) is 10.2. The minimum absolute atomic E-state index is 0.0530. The van der Waals surface area contributed by atoms with Gasteiger partial charge in [-0.15, -0.1) is 0 Å². The lowest BCUT2D eigenvalue weighted by atomic mass is 9.89. The molecule has 3 atom stereocenters. The molecule has 3 unspecified atom stereocenters. The number of benzene rings is 1. The molecule has 2 aromatic rings. The van der Waals surface area contributed by atoms with Crippen molar-refractivity contribution in [3.63, 3.8) is 0 Å². The molecule has 4 rings (SSSR count). The fraction of sp³-hybridized carbons (Fsp3) is 0.375. The molecule has 1 aromatic heterocycles. The minimum atomic E-state index is -0.794. The van der Waals surface area contributed by atoms with Crippen LogP contribution in [0, 0.1) is 5.92 Å². The summed E-state index contributed by atoms with van der Waals surface area (Å²) in [5.74, 6) is -1.32. The van der Waals surface area contributed by atoms with E-state index in [1.54, 1.807) is 4.90 Å². The average molecular weight is 285 g/mol. The Labute approximate surface area is 121 Å². The van der Waals surface area contributed by atoms with Gasteiger partial charge >= 0.3 is 5.97 Å². The van der Waals surface area contributed by atoms with Gasteiger partial charge in [0.1, 0.15) is 11.8 Å². The number of hydrogen-bond acceptors (Lipinski definition) is 3. The van der Waals surface area contributed by atoms with Crippen LogP contribution in [0.2, 0.25) is 0 Å². The Kier molecular flexibility index (Phi) is 2.58. The van der Waals surface area contributed by atoms with Crippen molar-refractivity contribution < 1.29 is 19.1 Å². The van der Waals surface area contributed by atoms with E-state index in [1.807, 2.05) is 24.3 Å². The molecule has 2 aliphatic rings. The first kappa shape index (κ1) is 12.4. The van der Waals surface area contributed by atoms with Crippen molar-refractivity contribution in [3.05, 3.63) is 36.1 Å². The van der Waals surface area contributed by atoms with E-state index in [1.165, 1.54) is 6.26 Å². The fourth-order valence-electron chi connectivity index (χ4n) is 3.85. The van der Waals surface area contributed by atoms with Crippen LogP contribution in [-0.2, 0) is 4.79 Å². The Balaban J connectivity index is 1.71. The zero-order valence-electron chi connectivity index (χ0n) is 11.4. The number of nitrogens with zero attached hydrogens (tertiary/aromatic N) is 1. The van der Waals surface area contributed by atoms with Gasteiger partial charge in [0.25, 0.3) is 5.91 Å². The lowest BCUT2D eigenvalue weighted by molar-refractivity contribution is -0.142. The molecule has 0 saturated carbocycles. The molecule has 0 spiro atoms. The van der Waals surface area contributed by atoms with Gasteiger partial charge in [0.15, 0.2) is 0 Å². The van der Waals surface area contributed by atoms with E-state index in [-0.39, 0.29) is 18.0 Å². The number of carbonyl (C=O) groups excluding carboxylic acids is 1. The van der Waals surface area contributed by atoms with Crippen molar-refractivity contribution in [2.45, 2.75) is 31.3 Å². The smallest absolute Gasteiger partial charge is 0.308 e. The van der Waals surface area contributed by atoms with Gasteiger partial charge in [-0.2, -0.15) is 0 Å². The Bertz CT molecular complexity index is 735. The molecule has 0 radical (unpaired) electrons. The molecule has 2 saturated heterocycles. The van der Waals surface area contributed by atoms with E-state index in [2.05, 4.69) is 0 Å². The highest BCUT2D eigenvalue weighted by Gasteiger charge is 2.51. The van der Waals surface area contributed by atoms with Gasteiger partial charge in [0, 0.05) is 17.5 Å².